The number of carbonyl (C=O) groups is 2. The van der Waals surface area contributed by atoms with Crippen LogP contribution < -0.4 is 9.86 Å². The van der Waals surface area contributed by atoms with Crippen molar-refractivity contribution in [3.63, 3.8) is 0 Å². The molecule has 4 aromatic rings. The number of nitrogens with two attached hydrogens (primary N) is 1. The van der Waals surface area contributed by atoms with E-state index in [2.05, 4.69) is 4.72 Å². The van der Waals surface area contributed by atoms with E-state index in [1.807, 2.05) is 55.4 Å². The fraction of sp³-hybridized carbons (Fsp3) is 0.458. The molecule has 0 aliphatic rings. The van der Waals surface area contributed by atoms with Crippen LogP contribution in [0.15, 0.2) is 70.5 Å². The highest BCUT2D eigenvalue weighted by molar-refractivity contribution is 7.90. The zero-order valence-electron chi connectivity index (χ0n) is 38.9. The predicted molar refractivity (Wildman–Crippen MR) is 244 cm³/mol. The monoisotopic (exact) mass is 916 g/mol. The molecule has 6 N–H and O–H groups in total. The lowest BCUT2D eigenvalue weighted by molar-refractivity contribution is -0.136. The van der Waals surface area contributed by atoms with Crippen LogP contribution in [-0.2, 0) is 53.7 Å². The van der Waals surface area contributed by atoms with Gasteiger partial charge in [-0.15, -0.1) is 0 Å². The Hall–Kier alpha value is -4.54. The highest BCUT2D eigenvalue weighted by Crippen LogP contribution is 2.32. The lowest BCUT2D eigenvalue weighted by atomic mass is 9.87. The second-order valence-corrected chi connectivity index (χ2v) is 21.3. The van der Waals surface area contributed by atoms with Gasteiger partial charge in [0.2, 0.25) is 15.9 Å². The lowest BCUT2D eigenvalue weighted by Gasteiger charge is -2.21. The van der Waals surface area contributed by atoms with E-state index in [9.17, 15) is 45.4 Å². The van der Waals surface area contributed by atoms with Crippen LogP contribution in [0.5, 0.6) is 0 Å². The topological polar surface area (TPSA) is 201 Å². The summed E-state index contributed by atoms with van der Waals surface area (Å²) in [4.78, 5) is 23.7. The fourth-order valence-corrected chi connectivity index (χ4v) is 9.04. The predicted octanol–water partition coefficient (Wildman–Crippen LogP) is 9.23. The fourth-order valence-electron chi connectivity index (χ4n) is 7.06. The van der Waals surface area contributed by atoms with E-state index >= 15 is 0 Å². The van der Waals surface area contributed by atoms with Crippen molar-refractivity contribution in [2.75, 3.05) is 0 Å². The Balaban J connectivity index is 0.000000359. The zero-order valence-corrected chi connectivity index (χ0v) is 40.6. The first-order valence-electron chi connectivity index (χ1n) is 20.7. The molecule has 1 amide bonds. The number of carbonyl (C=O) groups excluding carboxylic acids is 1. The summed E-state index contributed by atoms with van der Waals surface area (Å²) in [6, 6.07) is 14.8. The number of carboxylic acid groups (broad SMARTS) is 1. The quantitative estimate of drug-likeness (QED) is 0.0867. The first kappa shape index (κ1) is 54.6. The van der Waals surface area contributed by atoms with Crippen molar-refractivity contribution in [1.82, 2.24) is 4.72 Å². The van der Waals surface area contributed by atoms with E-state index in [0.717, 1.165) is 16.7 Å². The molecule has 15 heteroatoms. The summed E-state index contributed by atoms with van der Waals surface area (Å²) in [6.45, 7) is 25.2. The van der Waals surface area contributed by atoms with E-state index in [1.165, 1.54) is 42.5 Å². The van der Waals surface area contributed by atoms with Crippen LogP contribution in [-0.4, -0.2) is 44.0 Å². The SMILES string of the molecule is CC(C)c1cc(F)cc(C(C)C)c1CC(=O)O.Cc1cc(C(C)(C)O)ccc1S(=O)(=O)NC(=O)Cc1c(C(C)C)cc(F)cc1C(C)C.Cc1cc(C(C)(C)O)ccc1S(N)(=O)=O. The van der Waals surface area contributed by atoms with E-state index in [4.69, 9.17) is 10.2 Å². The van der Waals surface area contributed by atoms with Crippen LogP contribution in [0.1, 0.15) is 162 Å². The van der Waals surface area contributed by atoms with Crippen LogP contribution >= 0.6 is 0 Å². The van der Waals surface area contributed by atoms with Crippen LogP contribution in [0.3, 0.4) is 0 Å². The number of nitrogens with one attached hydrogen (secondary N) is 1. The molecule has 0 radical (unpaired) electrons. The van der Waals surface area contributed by atoms with Gasteiger partial charge >= 0.3 is 5.97 Å². The minimum Gasteiger partial charge on any atom is -0.481 e. The van der Waals surface area contributed by atoms with Gasteiger partial charge < -0.3 is 15.3 Å². The molecule has 0 heterocycles. The third kappa shape index (κ3) is 15.6. The molecule has 0 aliphatic heterocycles. The molecule has 0 fully saturated rings. The third-order valence-electron chi connectivity index (χ3n) is 10.3. The van der Waals surface area contributed by atoms with Gasteiger partial charge in [0, 0.05) is 0 Å². The molecule has 0 bridgehead atoms. The molecular formula is C48H66F2N2O9S2. The number of amides is 1. The van der Waals surface area contributed by atoms with Crippen molar-refractivity contribution in [3.05, 3.63) is 128 Å². The molecule has 348 valence electrons. The molecule has 11 nitrogen and oxygen atoms in total. The highest BCUT2D eigenvalue weighted by Gasteiger charge is 2.26. The molecule has 0 saturated heterocycles. The Bertz CT molecular complexity index is 2440. The number of benzene rings is 4. The second-order valence-electron chi connectivity index (χ2n) is 18.1. The van der Waals surface area contributed by atoms with Crippen LogP contribution in [0, 0.1) is 25.5 Å². The van der Waals surface area contributed by atoms with Gasteiger partial charge in [0.25, 0.3) is 10.0 Å². The zero-order chi connectivity index (χ0) is 48.7. The average Bonchev–Trinajstić information content (AvgIpc) is 3.11. The van der Waals surface area contributed by atoms with Gasteiger partial charge in [-0.05, 0) is 157 Å². The maximum Gasteiger partial charge on any atom is 0.307 e. The first-order chi connectivity index (χ1) is 28.6. The summed E-state index contributed by atoms with van der Waals surface area (Å²) in [5.74, 6) is -2.01. The Morgan fingerprint density at radius 1 is 0.603 bits per heavy atom. The molecule has 0 atom stereocenters. The molecule has 63 heavy (non-hydrogen) atoms. The number of carboxylic acids is 1. The smallest absolute Gasteiger partial charge is 0.307 e. The number of aliphatic carboxylic acids is 1. The molecule has 0 spiro atoms. The summed E-state index contributed by atoms with van der Waals surface area (Å²) < 4.78 is 77.7. The van der Waals surface area contributed by atoms with Crippen LogP contribution in [0.2, 0.25) is 0 Å². The van der Waals surface area contributed by atoms with Crippen molar-refractivity contribution in [1.29, 1.82) is 0 Å². The van der Waals surface area contributed by atoms with Gasteiger partial charge in [-0.3, -0.25) is 9.59 Å². The number of hydrogen-bond acceptors (Lipinski definition) is 8. The van der Waals surface area contributed by atoms with E-state index in [0.29, 0.717) is 38.9 Å². The molecule has 0 aliphatic carbocycles. The highest BCUT2D eigenvalue weighted by atomic mass is 32.2. The summed E-state index contributed by atoms with van der Waals surface area (Å²) in [5.41, 5.74) is 4.52. The molecule has 0 unspecified atom stereocenters. The number of rotatable bonds is 13. The minimum atomic E-state index is -4.10. The summed E-state index contributed by atoms with van der Waals surface area (Å²) >= 11 is 0. The van der Waals surface area contributed by atoms with E-state index < -0.39 is 43.1 Å². The largest absolute Gasteiger partial charge is 0.481 e. The molecule has 4 rings (SSSR count). The molecule has 0 saturated carbocycles. The summed E-state index contributed by atoms with van der Waals surface area (Å²) in [6.07, 6.45) is -0.206. The van der Waals surface area contributed by atoms with Crippen molar-refractivity contribution in [3.8, 4) is 0 Å². The molecule has 0 aromatic heterocycles. The standard InChI is InChI=1S/C24H32FNO4S.C14H19FO2.C10H15NO3S/c1-14(2)19-11-18(25)12-20(15(3)4)21(19)13-23(27)26-31(29,30)22-9-8-17(10-16(22)5)24(6,7)28;1-8(2)11-5-10(15)6-12(9(3)4)13(11)7-14(16)17;1-7-6-8(10(2,3)12)4-5-9(7)15(11,13)14/h8-12,14-15,28H,13H2,1-7H3,(H,26,27);5-6,8-9H,7H2,1-4H3,(H,16,17);4-6,12H,1-3H3,(H2,11,13,14). The van der Waals surface area contributed by atoms with Gasteiger partial charge in [0.1, 0.15) is 11.6 Å². The second kappa shape index (κ2) is 21.4. The third-order valence-corrected chi connectivity index (χ3v) is 12.9. The lowest BCUT2D eigenvalue weighted by Crippen LogP contribution is -2.33. The van der Waals surface area contributed by atoms with Gasteiger partial charge in [-0.2, -0.15) is 0 Å². The molecule has 4 aromatic carbocycles. The number of sulfonamides is 2. The average molecular weight is 917 g/mol. The molecular weight excluding hydrogens is 851 g/mol. The van der Waals surface area contributed by atoms with Gasteiger partial charge in [-0.1, -0.05) is 79.7 Å². The first-order valence-corrected chi connectivity index (χ1v) is 23.7. The number of primary sulfonamides is 1. The Kier molecular flexibility index (Phi) is 18.6. The Morgan fingerprint density at radius 2 is 0.921 bits per heavy atom. The summed E-state index contributed by atoms with van der Waals surface area (Å²) in [5, 5.41) is 33.8. The number of hydrogen-bond donors (Lipinski definition) is 5. The maximum absolute atomic E-state index is 14.1. The normalized spacial score (nSPS) is 12.2. The number of aryl methyl sites for hydroxylation is 2. The van der Waals surface area contributed by atoms with Crippen molar-refractivity contribution >= 4 is 31.9 Å². The van der Waals surface area contributed by atoms with Crippen molar-refractivity contribution in [2.24, 2.45) is 5.14 Å². The van der Waals surface area contributed by atoms with E-state index in [-0.39, 0.29) is 57.9 Å². The van der Waals surface area contributed by atoms with Crippen LogP contribution in [0.4, 0.5) is 8.78 Å². The summed E-state index contributed by atoms with van der Waals surface area (Å²) in [7, 11) is -7.78. The minimum absolute atomic E-state index is 0.0239. The maximum atomic E-state index is 14.1. The van der Waals surface area contributed by atoms with Gasteiger partial charge in [-0.25, -0.2) is 35.5 Å². The number of halogens is 2. The number of aliphatic hydroxyl groups is 2. The van der Waals surface area contributed by atoms with E-state index in [1.54, 1.807) is 59.7 Å². The Labute approximate surface area is 373 Å². The van der Waals surface area contributed by atoms with Crippen molar-refractivity contribution in [2.45, 2.75) is 154 Å². The van der Waals surface area contributed by atoms with Gasteiger partial charge in [0.05, 0.1) is 33.8 Å². The van der Waals surface area contributed by atoms with Crippen molar-refractivity contribution < 1.29 is 50.5 Å². The Morgan fingerprint density at radius 3 is 1.19 bits per heavy atom. The van der Waals surface area contributed by atoms with Gasteiger partial charge in [0.15, 0.2) is 0 Å². The van der Waals surface area contributed by atoms with Crippen LogP contribution in [0.25, 0.3) is 0 Å².